The summed E-state index contributed by atoms with van der Waals surface area (Å²) in [4.78, 5) is 4.27. The Bertz CT molecular complexity index is 676. The van der Waals surface area contributed by atoms with Crippen LogP contribution in [0.3, 0.4) is 0 Å². The van der Waals surface area contributed by atoms with Crippen LogP contribution in [0, 0.1) is 6.92 Å². The second kappa shape index (κ2) is 3.77. The molecule has 3 rings (SSSR count). The fourth-order valence-electron chi connectivity index (χ4n) is 1.36. The van der Waals surface area contributed by atoms with Crippen LogP contribution in [0.15, 0.2) is 37.5 Å². The molecule has 0 aliphatic heterocycles. The predicted octanol–water partition coefficient (Wildman–Crippen LogP) is 2.25. The van der Waals surface area contributed by atoms with Gasteiger partial charge in [-0.15, -0.1) is 10.2 Å². The highest BCUT2D eigenvalue weighted by molar-refractivity contribution is 7.98. The summed E-state index contributed by atoms with van der Waals surface area (Å²) in [5, 5.41) is 8.43. The number of rotatable bonds is 2. The first-order valence-electron chi connectivity index (χ1n) is 4.85. The second-order valence-corrected chi connectivity index (χ2v) is 4.30. The number of nitrogens with zero attached hydrogens (tertiary/aromatic N) is 3. The Labute approximate surface area is 100 Å². The van der Waals surface area contributed by atoms with Gasteiger partial charge in [-0.2, -0.15) is 0 Å². The van der Waals surface area contributed by atoms with Crippen LogP contribution >= 0.6 is 11.8 Å². The van der Waals surface area contributed by atoms with Gasteiger partial charge in [0, 0.05) is 30.4 Å². The van der Waals surface area contributed by atoms with Gasteiger partial charge in [0.2, 0.25) is 5.89 Å². The first-order valence-corrected chi connectivity index (χ1v) is 5.66. The third kappa shape index (κ3) is 1.96. The minimum Gasteiger partial charge on any atom is -0.431 e. The number of aryl methyl sites for hydroxylation is 1. The molecule has 0 saturated carbocycles. The van der Waals surface area contributed by atoms with Gasteiger partial charge in [-0.05, 0) is 12.1 Å². The van der Waals surface area contributed by atoms with Crippen molar-refractivity contribution in [3.63, 3.8) is 0 Å². The van der Waals surface area contributed by atoms with Crippen LogP contribution in [-0.2, 0) is 0 Å². The number of hydrogen-bond acceptors (Lipinski definition) is 7. The lowest BCUT2D eigenvalue weighted by atomic mass is 10.3. The van der Waals surface area contributed by atoms with E-state index in [0.717, 1.165) is 5.52 Å². The zero-order valence-electron chi connectivity index (χ0n) is 8.88. The SMILES string of the molecule is Cc1nnc(Sc2nc3ccc(N)cc3o2)o1. The van der Waals surface area contributed by atoms with Gasteiger partial charge in [-0.3, -0.25) is 0 Å². The number of aromatic nitrogens is 3. The molecule has 0 radical (unpaired) electrons. The van der Waals surface area contributed by atoms with Gasteiger partial charge in [0.1, 0.15) is 5.52 Å². The maximum atomic E-state index is 5.65. The molecule has 6 nitrogen and oxygen atoms in total. The number of oxazole rings is 1. The molecule has 17 heavy (non-hydrogen) atoms. The van der Waals surface area contributed by atoms with Crippen LogP contribution < -0.4 is 5.73 Å². The number of hydrogen-bond donors (Lipinski definition) is 1. The highest BCUT2D eigenvalue weighted by Gasteiger charge is 2.11. The largest absolute Gasteiger partial charge is 0.431 e. The summed E-state index contributed by atoms with van der Waals surface area (Å²) in [6.07, 6.45) is 0. The van der Waals surface area contributed by atoms with Crippen molar-refractivity contribution in [2.24, 2.45) is 0 Å². The fraction of sp³-hybridized carbons (Fsp3) is 0.100. The molecule has 0 unspecified atom stereocenters. The molecule has 0 bridgehead atoms. The van der Waals surface area contributed by atoms with E-state index < -0.39 is 0 Å². The van der Waals surface area contributed by atoms with Gasteiger partial charge in [0.25, 0.3) is 10.4 Å². The van der Waals surface area contributed by atoms with E-state index in [-0.39, 0.29) is 0 Å². The van der Waals surface area contributed by atoms with Crippen molar-refractivity contribution in [2.75, 3.05) is 5.73 Å². The molecule has 0 spiro atoms. The van der Waals surface area contributed by atoms with Crippen molar-refractivity contribution in [1.82, 2.24) is 15.2 Å². The first kappa shape index (κ1) is 10.2. The van der Waals surface area contributed by atoms with Crippen LogP contribution in [0.5, 0.6) is 0 Å². The first-order chi connectivity index (χ1) is 8.20. The number of anilines is 1. The maximum absolute atomic E-state index is 5.65. The predicted molar refractivity (Wildman–Crippen MR) is 61.6 cm³/mol. The number of nitrogen functional groups attached to an aromatic ring is 1. The average Bonchev–Trinajstić information content (AvgIpc) is 2.84. The summed E-state index contributed by atoms with van der Waals surface area (Å²) in [6, 6.07) is 5.30. The Morgan fingerprint density at radius 2 is 2.06 bits per heavy atom. The number of nitrogens with two attached hydrogens (primary N) is 1. The van der Waals surface area contributed by atoms with Gasteiger partial charge >= 0.3 is 0 Å². The Morgan fingerprint density at radius 1 is 1.18 bits per heavy atom. The van der Waals surface area contributed by atoms with Gasteiger partial charge < -0.3 is 14.6 Å². The normalized spacial score (nSPS) is 11.1. The summed E-state index contributed by atoms with van der Waals surface area (Å²) in [6.45, 7) is 1.73. The molecule has 0 atom stereocenters. The van der Waals surface area contributed by atoms with E-state index in [1.807, 2.05) is 0 Å². The molecule has 2 N–H and O–H groups in total. The molecule has 7 heteroatoms. The second-order valence-electron chi connectivity index (χ2n) is 3.40. The van der Waals surface area contributed by atoms with E-state index in [0.29, 0.717) is 27.6 Å². The Morgan fingerprint density at radius 3 is 2.82 bits per heavy atom. The van der Waals surface area contributed by atoms with Crippen LogP contribution in [0.4, 0.5) is 5.69 Å². The van der Waals surface area contributed by atoms with Crippen LogP contribution in [-0.4, -0.2) is 15.2 Å². The lowest BCUT2D eigenvalue weighted by Gasteiger charge is -1.88. The quantitative estimate of drug-likeness (QED) is 0.695. The molecule has 86 valence electrons. The number of benzene rings is 1. The lowest BCUT2D eigenvalue weighted by molar-refractivity contribution is 0.422. The lowest BCUT2D eigenvalue weighted by Crippen LogP contribution is -1.81. The topological polar surface area (TPSA) is 91.0 Å². The van der Waals surface area contributed by atoms with Crippen molar-refractivity contribution in [1.29, 1.82) is 0 Å². The van der Waals surface area contributed by atoms with E-state index in [1.165, 1.54) is 11.8 Å². The zero-order valence-corrected chi connectivity index (χ0v) is 9.69. The van der Waals surface area contributed by atoms with Crippen molar-refractivity contribution >= 4 is 28.5 Å². The minimum absolute atomic E-state index is 0.405. The molecule has 2 aromatic heterocycles. The summed E-state index contributed by atoms with van der Waals surface area (Å²) >= 11 is 1.18. The Kier molecular flexibility index (Phi) is 2.25. The molecule has 0 aliphatic carbocycles. The Hall–Kier alpha value is -2.02. The summed E-state index contributed by atoms with van der Waals surface area (Å²) < 4.78 is 10.7. The van der Waals surface area contributed by atoms with Crippen molar-refractivity contribution < 1.29 is 8.83 Å². The van der Waals surface area contributed by atoms with Crippen LogP contribution in [0.1, 0.15) is 5.89 Å². The summed E-state index contributed by atoms with van der Waals surface area (Å²) in [7, 11) is 0. The van der Waals surface area contributed by atoms with Crippen molar-refractivity contribution in [2.45, 2.75) is 17.4 Å². The van der Waals surface area contributed by atoms with E-state index in [1.54, 1.807) is 25.1 Å². The summed E-state index contributed by atoms with van der Waals surface area (Å²) in [5.41, 5.74) is 7.68. The summed E-state index contributed by atoms with van der Waals surface area (Å²) in [5.74, 6) is 0.507. The fourth-order valence-corrected chi connectivity index (χ4v) is 2.03. The van der Waals surface area contributed by atoms with E-state index in [4.69, 9.17) is 14.6 Å². The number of fused-ring (bicyclic) bond motifs is 1. The molecule has 0 saturated heterocycles. The minimum atomic E-state index is 0.405. The smallest absolute Gasteiger partial charge is 0.285 e. The maximum Gasteiger partial charge on any atom is 0.285 e. The third-order valence-corrected chi connectivity index (χ3v) is 2.76. The monoisotopic (exact) mass is 248 g/mol. The van der Waals surface area contributed by atoms with Gasteiger partial charge in [-0.25, -0.2) is 4.98 Å². The standard InChI is InChI=1S/C10H8N4O2S/c1-5-13-14-10(15-5)17-9-12-7-3-2-6(11)4-8(7)16-9/h2-4H,11H2,1H3. The molecule has 2 heterocycles. The highest BCUT2D eigenvalue weighted by atomic mass is 32.2. The Balaban J connectivity index is 1.95. The molecule has 0 amide bonds. The molecule has 0 aliphatic rings. The molecule has 0 fully saturated rings. The van der Waals surface area contributed by atoms with Crippen LogP contribution in [0.25, 0.3) is 11.1 Å². The van der Waals surface area contributed by atoms with Crippen LogP contribution in [0.2, 0.25) is 0 Å². The zero-order chi connectivity index (χ0) is 11.8. The van der Waals surface area contributed by atoms with Gasteiger partial charge in [0.15, 0.2) is 5.58 Å². The van der Waals surface area contributed by atoms with E-state index in [2.05, 4.69) is 15.2 Å². The van der Waals surface area contributed by atoms with Crippen molar-refractivity contribution in [3.8, 4) is 0 Å². The third-order valence-electron chi connectivity index (χ3n) is 2.07. The van der Waals surface area contributed by atoms with Gasteiger partial charge in [0.05, 0.1) is 0 Å². The molecule has 3 aromatic rings. The highest BCUT2D eigenvalue weighted by Crippen LogP contribution is 2.29. The van der Waals surface area contributed by atoms with Crippen molar-refractivity contribution in [3.05, 3.63) is 24.1 Å². The molecule has 1 aromatic carbocycles. The van der Waals surface area contributed by atoms with E-state index in [9.17, 15) is 0 Å². The van der Waals surface area contributed by atoms with E-state index >= 15 is 0 Å². The molecular weight excluding hydrogens is 240 g/mol. The van der Waals surface area contributed by atoms with Gasteiger partial charge in [-0.1, -0.05) is 0 Å². The molecular formula is C10H8N4O2S. The average molecular weight is 248 g/mol.